The van der Waals surface area contributed by atoms with Gasteiger partial charge in [0.2, 0.25) is 0 Å². The van der Waals surface area contributed by atoms with E-state index in [1.165, 1.54) is 5.56 Å². The molecule has 0 aliphatic heterocycles. The summed E-state index contributed by atoms with van der Waals surface area (Å²) in [5, 5.41) is 3.66. The van der Waals surface area contributed by atoms with E-state index in [1.807, 2.05) is 31.3 Å². The number of nitrogens with one attached hydrogen (secondary N) is 1. The largest absolute Gasteiger partial charge is 0.456 e. The van der Waals surface area contributed by atoms with Gasteiger partial charge in [0.05, 0.1) is 11.2 Å². The molecule has 0 saturated carbocycles. The van der Waals surface area contributed by atoms with Crippen LogP contribution in [0, 0.1) is 0 Å². The summed E-state index contributed by atoms with van der Waals surface area (Å²) in [5.41, 5.74) is 1.17. The number of hydrogen-bond donors (Lipinski definition) is 1. The Bertz CT molecular complexity index is 502. The van der Waals surface area contributed by atoms with Crippen LogP contribution in [0.4, 0.5) is 0 Å². The Morgan fingerprint density at radius 1 is 1.24 bits per heavy atom. The zero-order valence-corrected chi connectivity index (χ0v) is 10.2. The van der Waals surface area contributed by atoms with Crippen molar-refractivity contribution in [2.24, 2.45) is 0 Å². The van der Waals surface area contributed by atoms with Crippen LogP contribution in [-0.4, -0.2) is 12.0 Å². The average Bonchev–Trinajstić information content (AvgIpc) is 2.30. The number of pyridine rings is 1. The predicted octanol–water partition coefficient (Wildman–Crippen LogP) is 3.25. The van der Waals surface area contributed by atoms with E-state index in [0.29, 0.717) is 10.8 Å². The van der Waals surface area contributed by atoms with Crippen molar-refractivity contribution >= 4 is 11.6 Å². The molecule has 0 aliphatic rings. The molecule has 4 heteroatoms. The first kappa shape index (κ1) is 11.9. The van der Waals surface area contributed by atoms with Gasteiger partial charge in [-0.2, -0.15) is 0 Å². The lowest BCUT2D eigenvalue weighted by Gasteiger charge is -2.07. The van der Waals surface area contributed by atoms with Gasteiger partial charge in [0, 0.05) is 18.8 Å². The maximum atomic E-state index is 5.84. The molecule has 0 spiro atoms. The number of aromatic nitrogens is 1. The van der Waals surface area contributed by atoms with E-state index in [1.54, 1.807) is 18.5 Å². The predicted molar refractivity (Wildman–Crippen MR) is 68.5 cm³/mol. The van der Waals surface area contributed by atoms with Gasteiger partial charge in [0.1, 0.15) is 11.5 Å². The summed E-state index contributed by atoms with van der Waals surface area (Å²) in [6.45, 7) is 0.811. The highest BCUT2D eigenvalue weighted by Gasteiger charge is 2.00. The van der Waals surface area contributed by atoms with Crippen molar-refractivity contribution in [3.8, 4) is 11.5 Å². The molecule has 0 bridgehead atoms. The van der Waals surface area contributed by atoms with E-state index in [2.05, 4.69) is 10.3 Å². The van der Waals surface area contributed by atoms with Crippen LogP contribution in [0.25, 0.3) is 0 Å². The third-order valence-corrected chi connectivity index (χ3v) is 2.40. The van der Waals surface area contributed by atoms with Crippen molar-refractivity contribution in [1.82, 2.24) is 10.3 Å². The number of benzene rings is 1. The monoisotopic (exact) mass is 248 g/mol. The van der Waals surface area contributed by atoms with Gasteiger partial charge in [-0.05, 0) is 24.7 Å². The van der Waals surface area contributed by atoms with E-state index >= 15 is 0 Å². The molecule has 0 amide bonds. The first-order valence-corrected chi connectivity index (χ1v) is 5.67. The van der Waals surface area contributed by atoms with Crippen molar-refractivity contribution in [3.05, 3.63) is 53.3 Å². The lowest BCUT2D eigenvalue weighted by Crippen LogP contribution is -2.04. The summed E-state index contributed by atoms with van der Waals surface area (Å²) in [4.78, 5) is 3.97. The van der Waals surface area contributed by atoms with E-state index in [0.717, 1.165) is 12.3 Å². The number of ether oxygens (including phenoxy) is 1. The molecule has 0 aliphatic carbocycles. The molecule has 1 heterocycles. The molecule has 0 unspecified atom stereocenters. The Hall–Kier alpha value is -1.58. The van der Waals surface area contributed by atoms with Crippen molar-refractivity contribution in [1.29, 1.82) is 0 Å². The summed E-state index contributed by atoms with van der Waals surface area (Å²) in [5.74, 6) is 1.42. The van der Waals surface area contributed by atoms with Crippen LogP contribution in [0.1, 0.15) is 5.56 Å². The Kier molecular flexibility index (Phi) is 3.96. The van der Waals surface area contributed by atoms with Crippen LogP contribution in [0.5, 0.6) is 11.5 Å². The molecule has 1 N–H and O–H groups in total. The van der Waals surface area contributed by atoms with Gasteiger partial charge >= 0.3 is 0 Å². The Balaban J connectivity index is 2.15. The fraction of sp³-hybridized carbons (Fsp3) is 0.154. The van der Waals surface area contributed by atoms with Gasteiger partial charge < -0.3 is 10.1 Å². The van der Waals surface area contributed by atoms with Crippen molar-refractivity contribution in [3.63, 3.8) is 0 Å². The SMILES string of the molecule is CNCc1cccc(Oc2cncc(Cl)c2)c1. The zero-order valence-electron chi connectivity index (χ0n) is 9.48. The van der Waals surface area contributed by atoms with Crippen LogP contribution in [0.15, 0.2) is 42.7 Å². The normalized spacial score (nSPS) is 10.2. The van der Waals surface area contributed by atoms with Crippen molar-refractivity contribution < 1.29 is 4.74 Å². The smallest absolute Gasteiger partial charge is 0.147 e. The zero-order chi connectivity index (χ0) is 12.1. The van der Waals surface area contributed by atoms with Crippen LogP contribution >= 0.6 is 11.6 Å². The second kappa shape index (κ2) is 5.66. The highest BCUT2D eigenvalue weighted by Crippen LogP contribution is 2.23. The average molecular weight is 249 g/mol. The molecule has 2 rings (SSSR count). The molecule has 0 atom stereocenters. The first-order chi connectivity index (χ1) is 8.28. The minimum absolute atomic E-state index is 0.564. The van der Waals surface area contributed by atoms with Crippen LogP contribution < -0.4 is 10.1 Å². The maximum absolute atomic E-state index is 5.84. The van der Waals surface area contributed by atoms with Crippen LogP contribution in [0.3, 0.4) is 0 Å². The lowest BCUT2D eigenvalue weighted by atomic mass is 10.2. The molecule has 1 aromatic heterocycles. The van der Waals surface area contributed by atoms with E-state index in [9.17, 15) is 0 Å². The Morgan fingerprint density at radius 2 is 2.12 bits per heavy atom. The topological polar surface area (TPSA) is 34.1 Å². The van der Waals surface area contributed by atoms with Crippen molar-refractivity contribution in [2.45, 2.75) is 6.54 Å². The van der Waals surface area contributed by atoms with E-state index in [4.69, 9.17) is 16.3 Å². The summed E-state index contributed by atoms with van der Waals surface area (Å²) >= 11 is 5.84. The van der Waals surface area contributed by atoms with Gasteiger partial charge in [-0.3, -0.25) is 4.98 Å². The molecule has 17 heavy (non-hydrogen) atoms. The molecule has 0 radical (unpaired) electrons. The fourth-order valence-corrected chi connectivity index (χ4v) is 1.67. The highest BCUT2D eigenvalue weighted by molar-refractivity contribution is 6.30. The fourth-order valence-electron chi connectivity index (χ4n) is 1.51. The van der Waals surface area contributed by atoms with Crippen molar-refractivity contribution in [2.75, 3.05) is 7.05 Å². The number of nitrogens with zero attached hydrogens (tertiary/aromatic N) is 1. The van der Waals surface area contributed by atoms with Gasteiger partial charge in [-0.25, -0.2) is 0 Å². The van der Waals surface area contributed by atoms with Gasteiger partial charge in [0.25, 0.3) is 0 Å². The van der Waals surface area contributed by atoms with Crippen LogP contribution in [0.2, 0.25) is 5.02 Å². The molecule has 0 fully saturated rings. The first-order valence-electron chi connectivity index (χ1n) is 5.30. The molecule has 88 valence electrons. The summed E-state index contributed by atoms with van der Waals surface area (Å²) in [6.07, 6.45) is 3.21. The third kappa shape index (κ3) is 3.44. The quantitative estimate of drug-likeness (QED) is 0.902. The highest BCUT2D eigenvalue weighted by atomic mass is 35.5. The summed E-state index contributed by atoms with van der Waals surface area (Å²) in [7, 11) is 1.91. The van der Waals surface area contributed by atoms with E-state index < -0.39 is 0 Å². The summed E-state index contributed by atoms with van der Waals surface area (Å²) < 4.78 is 5.67. The minimum Gasteiger partial charge on any atom is -0.456 e. The number of halogens is 1. The Labute approximate surface area is 105 Å². The molecular formula is C13H13ClN2O. The molecule has 0 saturated heterocycles. The van der Waals surface area contributed by atoms with E-state index in [-0.39, 0.29) is 0 Å². The standard InChI is InChI=1S/C13H13ClN2O/c1-15-7-10-3-2-4-12(5-10)17-13-6-11(14)8-16-9-13/h2-6,8-9,15H,7H2,1H3. The second-order valence-corrected chi connectivity index (χ2v) is 4.06. The molecule has 3 nitrogen and oxygen atoms in total. The Morgan fingerprint density at radius 3 is 2.88 bits per heavy atom. The molecule has 2 aromatic rings. The third-order valence-electron chi connectivity index (χ3n) is 2.19. The van der Waals surface area contributed by atoms with Gasteiger partial charge in [-0.15, -0.1) is 0 Å². The lowest BCUT2D eigenvalue weighted by molar-refractivity contribution is 0.479. The summed E-state index contributed by atoms with van der Waals surface area (Å²) in [6, 6.07) is 9.62. The van der Waals surface area contributed by atoms with Crippen LogP contribution in [-0.2, 0) is 6.54 Å². The maximum Gasteiger partial charge on any atom is 0.147 e. The van der Waals surface area contributed by atoms with Gasteiger partial charge in [0.15, 0.2) is 0 Å². The number of hydrogen-bond acceptors (Lipinski definition) is 3. The molecular weight excluding hydrogens is 236 g/mol. The second-order valence-electron chi connectivity index (χ2n) is 3.62. The van der Waals surface area contributed by atoms with Gasteiger partial charge in [-0.1, -0.05) is 23.7 Å². The number of rotatable bonds is 4. The molecule has 1 aromatic carbocycles. The minimum atomic E-state index is 0.564.